The first-order valence-corrected chi connectivity index (χ1v) is 5.17. The van der Waals surface area contributed by atoms with Crippen molar-refractivity contribution in [1.29, 1.82) is 0 Å². The number of halogens is 3. The van der Waals surface area contributed by atoms with Crippen molar-refractivity contribution in [2.24, 2.45) is 0 Å². The van der Waals surface area contributed by atoms with Crippen molar-refractivity contribution in [3.63, 3.8) is 0 Å². The van der Waals surface area contributed by atoms with Crippen LogP contribution in [0.5, 0.6) is 0 Å². The van der Waals surface area contributed by atoms with Crippen LogP contribution < -0.4 is 5.32 Å². The lowest BCUT2D eigenvalue weighted by molar-refractivity contribution is -0.124. The molecular weight excluding hydrogens is 231 g/mol. The van der Waals surface area contributed by atoms with Crippen molar-refractivity contribution in [3.8, 4) is 0 Å². The number of rotatable bonds is 4. The molecule has 0 aliphatic rings. The number of benzene rings is 1. The molecule has 0 heterocycles. The van der Waals surface area contributed by atoms with Gasteiger partial charge in [0.15, 0.2) is 5.78 Å². The SMILES string of the molecule is Cc1cc(C)cc(C(=O)CNCC(F)(F)F)c1. The van der Waals surface area contributed by atoms with E-state index in [1.807, 2.05) is 19.9 Å². The number of aryl methyl sites for hydroxylation is 2. The standard InChI is InChI=1S/C12H14F3NO/c1-8-3-9(2)5-10(4-8)11(17)6-16-7-12(13,14)15/h3-5,16H,6-7H2,1-2H3. The van der Waals surface area contributed by atoms with Crippen LogP contribution in [0.25, 0.3) is 0 Å². The Bertz CT molecular complexity index is 392. The molecule has 1 N–H and O–H groups in total. The third-order valence-corrected chi connectivity index (χ3v) is 2.15. The van der Waals surface area contributed by atoms with Gasteiger partial charge in [-0.25, -0.2) is 0 Å². The highest BCUT2D eigenvalue weighted by Gasteiger charge is 2.26. The van der Waals surface area contributed by atoms with E-state index in [-0.39, 0.29) is 12.3 Å². The Morgan fingerprint density at radius 2 is 1.71 bits per heavy atom. The summed E-state index contributed by atoms with van der Waals surface area (Å²) in [6.07, 6.45) is -4.29. The number of hydrogen-bond acceptors (Lipinski definition) is 2. The smallest absolute Gasteiger partial charge is 0.302 e. The van der Waals surface area contributed by atoms with Crippen LogP contribution in [0.2, 0.25) is 0 Å². The maximum atomic E-state index is 11.9. The fourth-order valence-electron chi connectivity index (χ4n) is 1.56. The summed E-state index contributed by atoms with van der Waals surface area (Å²) in [5.74, 6) is -0.332. The summed E-state index contributed by atoms with van der Waals surface area (Å²) in [4.78, 5) is 11.6. The van der Waals surface area contributed by atoms with Gasteiger partial charge in [-0.05, 0) is 26.0 Å². The topological polar surface area (TPSA) is 29.1 Å². The Kier molecular flexibility index (Phi) is 4.28. The minimum atomic E-state index is -4.29. The van der Waals surface area contributed by atoms with E-state index < -0.39 is 12.7 Å². The van der Waals surface area contributed by atoms with Crippen LogP contribution in [-0.2, 0) is 0 Å². The molecule has 0 radical (unpaired) electrons. The van der Waals surface area contributed by atoms with E-state index in [4.69, 9.17) is 0 Å². The van der Waals surface area contributed by atoms with E-state index in [1.54, 1.807) is 12.1 Å². The molecule has 0 bridgehead atoms. The lowest BCUT2D eigenvalue weighted by Crippen LogP contribution is -2.32. The minimum Gasteiger partial charge on any atom is -0.302 e. The number of alkyl halides is 3. The third-order valence-electron chi connectivity index (χ3n) is 2.15. The Labute approximate surface area is 97.8 Å². The maximum Gasteiger partial charge on any atom is 0.401 e. The molecule has 5 heteroatoms. The molecule has 0 unspecified atom stereocenters. The van der Waals surface area contributed by atoms with Gasteiger partial charge in [0.1, 0.15) is 0 Å². The first-order valence-electron chi connectivity index (χ1n) is 5.17. The zero-order chi connectivity index (χ0) is 13.1. The van der Waals surface area contributed by atoms with Gasteiger partial charge in [0.05, 0.1) is 13.1 Å². The highest BCUT2D eigenvalue weighted by atomic mass is 19.4. The van der Waals surface area contributed by atoms with Crippen LogP contribution in [0.15, 0.2) is 18.2 Å². The van der Waals surface area contributed by atoms with Gasteiger partial charge < -0.3 is 5.32 Å². The first kappa shape index (κ1) is 13.7. The normalized spacial score (nSPS) is 11.6. The highest BCUT2D eigenvalue weighted by molar-refractivity contribution is 5.97. The summed E-state index contributed by atoms with van der Waals surface area (Å²) in [7, 11) is 0. The second kappa shape index (κ2) is 5.31. The molecule has 0 amide bonds. The van der Waals surface area contributed by atoms with Crippen LogP contribution in [-0.4, -0.2) is 25.0 Å². The molecule has 0 fully saturated rings. The van der Waals surface area contributed by atoms with Crippen molar-refractivity contribution in [2.45, 2.75) is 20.0 Å². The van der Waals surface area contributed by atoms with Crippen molar-refractivity contribution in [1.82, 2.24) is 5.32 Å². The molecule has 1 rings (SSSR count). The number of hydrogen-bond donors (Lipinski definition) is 1. The maximum absolute atomic E-state index is 11.9. The van der Waals surface area contributed by atoms with E-state index in [9.17, 15) is 18.0 Å². The summed E-state index contributed by atoms with van der Waals surface area (Å²) in [5.41, 5.74) is 2.28. The van der Waals surface area contributed by atoms with Crippen LogP contribution >= 0.6 is 0 Å². The molecule has 0 aromatic heterocycles. The zero-order valence-corrected chi connectivity index (χ0v) is 9.69. The summed E-state index contributed by atoms with van der Waals surface area (Å²) < 4.78 is 35.6. The highest BCUT2D eigenvalue weighted by Crippen LogP contribution is 2.12. The molecule has 2 nitrogen and oxygen atoms in total. The second-order valence-corrected chi connectivity index (χ2v) is 4.02. The van der Waals surface area contributed by atoms with Gasteiger partial charge in [0, 0.05) is 5.56 Å². The molecule has 0 spiro atoms. The summed E-state index contributed by atoms with van der Waals surface area (Å²) in [5, 5.41) is 2.09. The largest absolute Gasteiger partial charge is 0.401 e. The molecule has 0 aliphatic carbocycles. The molecule has 0 saturated carbocycles. The summed E-state index contributed by atoms with van der Waals surface area (Å²) >= 11 is 0. The first-order chi connectivity index (χ1) is 7.78. The van der Waals surface area contributed by atoms with Crippen LogP contribution in [0.3, 0.4) is 0 Å². The predicted molar refractivity (Wildman–Crippen MR) is 59.2 cm³/mol. The minimum absolute atomic E-state index is 0.303. The lowest BCUT2D eigenvalue weighted by atomic mass is 10.0. The third kappa shape index (κ3) is 4.99. The fraction of sp³-hybridized carbons (Fsp3) is 0.417. The van der Waals surface area contributed by atoms with E-state index in [1.165, 1.54) is 0 Å². The molecule has 1 aromatic rings. The molecule has 0 atom stereocenters. The molecular formula is C12H14F3NO. The molecule has 0 saturated heterocycles. The molecule has 17 heavy (non-hydrogen) atoms. The van der Waals surface area contributed by atoms with Crippen LogP contribution in [0.1, 0.15) is 21.5 Å². The van der Waals surface area contributed by atoms with Gasteiger partial charge in [0.25, 0.3) is 0 Å². The Morgan fingerprint density at radius 1 is 1.18 bits per heavy atom. The second-order valence-electron chi connectivity index (χ2n) is 4.02. The van der Waals surface area contributed by atoms with Gasteiger partial charge in [0.2, 0.25) is 0 Å². The van der Waals surface area contributed by atoms with E-state index >= 15 is 0 Å². The van der Waals surface area contributed by atoms with Crippen molar-refractivity contribution < 1.29 is 18.0 Å². The number of carbonyl (C=O) groups is 1. The molecule has 94 valence electrons. The summed E-state index contributed by atoms with van der Waals surface area (Å²) in [6.45, 7) is 2.23. The number of Topliss-reactive ketones (excluding diaryl/α,β-unsaturated/α-hetero) is 1. The number of nitrogens with one attached hydrogen (secondary N) is 1. The van der Waals surface area contributed by atoms with Gasteiger partial charge in [-0.2, -0.15) is 13.2 Å². The van der Waals surface area contributed by atoms with Crippen molar-refractivity contribution >= 4 is 5.78 Å². The Morgan fingerprint density at radius 3 is 2.18 bits per heavy atom. The van der Waals surface area contributed by atoms with E-state index in [2.05, 4.69) is 5.32 Å². The van der Waals surface area contributed by atoms with Crippen molar-refractivity contribution in [3.05, 3.63) is 34.9 Å². The average molecular weight is 245 g/mol. The average Bonchev–Trinajstić information content (AvgIpc) is 2.13. The molecule has 0 aliphatic heterocycles. The van der Waals surface area contributed by atoms with E-state index in [0.29, 0.717) is 5.56 Å². The quantitative estimate of drug-likeness (QED) is 0.826. The van der Waals surface area contributed by atoms with Gasteiger partial charge in [-0.3, -0.25) is 4.79 Å². The van der Waals surface area contributed by atoms with Crippen molar-refractivity contribution in [2.75, 3.05) is 13.1 Å². The van der Waals surface area contributed by atoms with Crippen LogP contribution in [0.4, 0.5) is 13.2 Å². The predicted octanol–water partition coefficient (Wildman–Crippen LogP) is 2.64. The Balaban J connectivity index is 2.58. The van der Waals surface area contributed by atoms with Crippen LogP contribution in [0, 0.1) is 13.8 Å². The monoisotopic (exact) mass is 245 g/mol. The van der Waals surface area contributed by atoms with Gasteiger partial charge in [-0.15, -0.1) is 0 Å². The van der Waals surface area contributed by atoms with Gasteiger partial charge in [-0.1, -0.05) is 17.2 Å². The molecule has 1 aromatic carbocycles. The number of ketones is 1. The number of carbonyl (C=O) groups excluding carboxylic acids is 1. The Hall–Kier alpha value is -1.36. The fourth-order valence-corrected chi connectivity index (χ4v) is 1.56. The van der Waals surface area contributed by atoms with Gasteiger partial charge >= 0.3 is 6.18 Å². The van der Waals surface area contributed by atoms with E-state index in [0.717, 1.165) is 11.1 Å². The lowest BCUT2D eigenvalue weighted by Gasteiger charge is -2.08. The zero-order valence-electron chi connectivity index (χ0n) is 9.69. The summed E-state index contributed by atoms with van der Waals surface area (Å²) in [6, 6.07) is 5.25.